The van der Waals surface area contributed by atoms with Crippen molar-refractivity contribution in [3.63, 3.8) is 0 Å². The fourth-order valence-electron chi connectivity index (χ4n) is 2.55. The third kappa shape index (κ3) is 4.03. The van der Waals surface area contributed by atoms with Gasteiger partial charge in [0.05, 0.1) is 4.90 Å². The maximum atomic E-state index is 13.4. The highest BCUT2D eigenvalue weighted by Gasteiger charge is 2.15. The number of nitrogens with one attached hydrogen (secondary N) is 1. The normalized spacial score (nSPS) is 11.2. The number of hydrogen-bond acceptors (Lipinski definition) is 3. The largest absolute Gasteiger partial charge is 0.378 e. The molecule has 0 heterocycles. The Hall–Kier alpha value is -2.86. The Morgan fingerprint density at radius 3 is 2.08 bits per heavy atom. The summed E-state index contributed by atoms with van der Waals surface area (Å²) in [5, 5.41) is 0. The molecule has 0 saturated carbocycles. The summed E-state index contributed by atoms with van der Waals surface area (Å²) < 4.78 is 41.4. The second-order valence-corrected chi connectivity index (χ2v) is 7.77. The first-order valence-corrected chi connectivity index (χ1v) is 9.50. The first kappa shape index (κ1) is 17.9. The number of hydrogen-bond donors (Lipinski definition) is 1. The van der Waals surface area contributed by atoms with Crippen molar-refractivity contribution in [1.29, 1.82) is 0 Å². The van der Waals surface area contributed by atoms with Gasteiger partial charge in [-0.2, -0.15) is 0 Å². The topological polar surface area (TPSA) is 49.4 Å². The molecule has 3 aromatic carbocycles. The number of anilines is 2. The predicted octanol–water partition coefficient (Wildman–Crippen LogP) is 4.36. The molecule has 26 heavy (non-hydrogen) atoms. The summed E-state index contributed by atoms with van der Waals surface area (Å²) >= 11 is 0. The lowest BCUT2D eigenvalue weighted by Gasteiger charge is -2.14. The fraction of sp³-hybridized carbons (Fsp3) is 0.100. The van der Waals surface area contributed by atoms with Crippen LogP contribution in [0.5, 0.6) is 0 Å². The molecule has 0 bridgehead atoms. The van der Waals surface area contributed by atoms with Gasteiger partial charge in [0, 0.05) is 25.5 Å². The van der Waals surface area contributed by atoms with Crippen molar-refractivity contribution in [2.24, 2.45) is 0 Å². The molecule has 6 heteroatoms. The van der Waals surface area contributed by atoms with Crippen LogP contribution in [0.25, 0.3) is 11.1 Å². The number of halogens is 1. The summed E-state index contributed by atoms with van der Waals surface area (Å²) in [5.41, 5.74) is 2.71. The molecule has 0 aromatic heterocycles. The molecule has 0 amide bonds. The maximum absolute atomic E-state index is 13.4. The monoisotopic (exact) mass is 370 g/mol. The van der Waals surface area contributed by atoms with Gasteiger partial charge in [0.1, 0.15) is 5.82 Å². The molecule has 0 atom stereocenters. The molecule has 0 radical (unpaired) electrons. The van der Waals surface area contributed by atoms with Crippen molar-refractivity contribution in [3.05, 3.63) is 78.6 Å². The third-order valence-corrected chi connectivity index (χ3v) is 5.32. The Labute approximate surface area is 153 Å². The summed E-state index contributed by atoms with van der Waals surface area (Å²) in [4.78, 5) is 2.05. The SMILES string of the molecule is CN(C)c1ccc(NS(=O)(=O)c2cccc(-c3cccc(F)c3)c2)cc1. The molecular formula is C20H19FN2O2S. The van der Waals surface area contributed by atoms with Crippen molar-refractivity contribution in [3.8, 4) is 11.1 Å². The second-order valence-electron chi connectivity index (χ2n) is 6.08. The van der Waals surface area contributed by atoms with Crippen molar-refractivity contribution < 1.29 is 12.8 Å². The van der Waals surface area contributed by atoms with Crippen molar-refractivity contribution in [1.82, 2.24) is 0 Å². The van der Waals surface area contributed by atoms with Crippen molar-refractivity contribution in [2.45, 2.75) is 4.90 Å². The highest BCUT2D eigenvalue weighted by atomic mass is 32.2. The molecule has 0 fully saturated rings. The van der Waals surface area contributed by atoms with E-state index in [-0.39, 0.29) is 10.7 Å². The average Bonchev–Trinajstić information content (AvgIpc) is 2.62. The van der Waals surface area contributed by atoms with Gasteiger partial charge in [-0.1, -0.05) is 24.3 Å². The summed E-state index contributed by atoms with van der Waals surface area (Å²) in [7, 11) is 0.0832. The smallest absolute Gasteiger partial charge is 0.261 e. The number of benzene rings is 3. The third-order valence-electron chi connectivity index (χ3n) is 3.94. The molecule has 0 aliphatic carbocycles. The van der Waals surface area contributed by atoms with Gasteiger partial charge in [-0.05, 0) is 59.7 Å². The highest BCUT2D eigenvalue weighted by Crippen LogP contribution is 2.25. The first-order chi connectivity index (χ1) is 12.3. The summed E-state index contributed by atoms with van der Waals surface area (Å²) in [5.74, 6) is -0.366. The Bertz CT molecular complexity index is 1020. The van der Waals surface area contributed by atoms with Crippen LogP contribution in [0.4, 0.5) is 15.8 Å². The number of sulfonamides is 1. The van der Waals surface area contributed by atoms with E-state index in [1.165, 1.54) is 24.3 Å². The minimum absolute atomic E-state index is 0.121. The molecule has 3 aromatic rings. The molecule has 0 aliphatic heterocycles. The second kappa shape index (κ2) is 7.17. The Kier molecular flexibility index (Phi) is 4.95. The van der Waals surface area contributed by atoms with Gasteiger partial charge in [0.2, 0.25) is 0 Å². The van der Waals surface area contributed by atoms with Gasteiger partial charge >= 0.3 is 0 Å². The minimum Gasteiger partial charge on any atom is -0.378 e. The summed E-state index contributed by atoms with van der Waals surface area (Å²) in [6.07, 6.45) is 0. The van der Waals surface area contributed by atoms with E-state index in [1.807, 2.05) is 31.1 Å². The van der Waals surface area contributed by atoms with Gasteiger partial charge in [-0.3, -0.25) is 4.72 Å². The average molecular weight is 370 g/mol. The molecule has 0 spiro atoms. The standard InChI is InChI=1S/C20H19FN2O2S/c1-23(2)19-11-9-18(10-12-19)22-26(24,25)20-8-4-6-16(14-20)15-5-3-7-17(21)13-15/h3-14,22H,1-2H3. The Balaban J connectivity index is 1.89. The lowest BCUT2D eigenvalue weighted by Crippen LogP contribution is -2.13. The van der Waals surface area contributed by atoms with Crippen molar-refractivity contribution >= 4 is 21.4 Å². The predicted molar refractivity (Wildman–Crippen MR) is 103 cm³/mol. The molecule has 0 aliphatic rings. The molecular weight excluding hydrogens is 351 g/mol. The molecule has 134 valence electrons. The summed E-state index contributed by atoms with van der Waals surface area (Å²) in [6, 6.07) is 19.6. The van der Waals surface area contributed by atoms with Crippen LogP contribution in [0.3, 0.4) is 0 Å². The molecule has 4 nitrogen and oxygen atoms in total. The maximum Gasteiger partial charge on any atom is 0.261 e. The van der Waals surface area contributed by atoms with Crippen LogP contribution in [0, 0.1) is 5.82 Å². The number of rotatable bonds is 5. The fourth-order valence-corrected chi connectivity index (χ4v) is 3.66. The van der Waals surface area contributed by atoms with Crippen LogP contribution in [0.1, 0.15) is 0 Å². The number of nitrogens with zero attached hydrogens (tertiary/aromatic N) is 1. The molecule has 1 N–H and O–H groups in total. The van der Waals surface area contributed by atoms with E-state index in [0.29, 0.717) is 16.8 Å². The van der Waals surface area contributed by atoms with E-state index in [1.54, 1.807) is 36.4 Å². The van der Waals surface area contributed by atoms with Gasteiger partial charge in [-0.25, -0.2) is 12.8 Å². The molecule has 3 rings (SSSR count). The van der Waals surface area contributed by atoms with Crippen LogP contribution in [0.2, 0.25) is 0 Å². The van der Waals surface area contributed by atoms with E-state index < -0.39 is 10.0 Å². The zero-order valence-corrected chi connectivity index (χ0v) is 15.3. The van der Waals surface area contributed by atoms with Crippen LogP contribution in [0.15, 0.2) is 77.7 Å². The Morgan fingerprint density at radius 2 is 1.46 bits per heavy atom. The first-order valence-electron chi connectivity index (χ1n) is 8.01. The highest BCUT2D eigenvalue weighted by molar-refractivity contribution is 7.92. The van der Waals surface area contributed by atoms with E-state index in [4.69, 9.17) is 0 Å². The van der Waals surface area contributed by atoms with Gasteiger partial charge in [0.15, 0.2) is 0 Å². The van der Waals surface area contributed by atoms with Crippen LogP contribution in [-0.4, -0.2) is 22.5 Å². The Morgan fingerprint density at radius 1 is 0.846 bits per heavy atom. The van der Waals surface area contributed by atoms with Crippen LogP contribution >= 0.6 is 0 Å². The lowest BCUT2D eigenvalue weighted by atomic mass is 10.1. The molecule has 0 saturated heterocycles. The zero-order valence-electron chi connectivity index (χ0n) is 14.5. The molecule has 0 unspecified atom stereocenters. The van der Waals surface area contributed by atoms with E-state index in [2.05, 4.69) is 4.72 Å². The summed E-state index contributed by atoms with van der Waals surface area (Å²) in [6.45, 7) is 0. The van der Waals surface area contributed by atoms with E-state index in [9.17, 15) is 12.8 Å². The quantitative estimate of drug-likeness (QED) is 0.726. The van der Waals surface area contributed by atoms with E-state index in [0.717, 1.165) is 5.69 Å². The lowest BCUT2D eigenvalue weighted by molar-refractivity contribution is 0.601. The van der Waals surface area contributed by atoms with Gasteiger partial charge in [-0.15, -0.1) is 0 Å². The van der Waals surface area contributed by atoms with Crippen molar-refractivity contribution in [2.75, 3.05) is 23.7 Å². The van der Waals surface area contributed by atoms with E-state index >= 15 is 0 Å². The van der Waals surface area contributed by atoms with Gasteiger partial charge < -0.3 is 4.90 Å². The van der Waals surface area contributed by atoms with Crippen LogP contribution in [-0.2, 0) is 10.0 Å². The zero-order chi connectivity index (χ0) is 18.7. The minimum atomic E-state index is -3.74. The van der Waals surface area contributed by atoms with Crippen LogP contribution < -0.4 is 9.62 Å². The van der Waals surface area contributed by atoms with Gasteiger partial charge in [0.25, 0.3) is 10.0 Å².